The third-order valence-corrected chi connectivity index (χ3v) is 6.25. The van der Waals surface area contributed by atoms with E-state index in [0.29, 0.717) is 51.2 Å². The lowest BCUT2D eigenvalue weighted by Crippen LogP contribution is -2.36. The molecule has 2 aliphatic heterocycles. The van der Waals surface area contributed by atoms with E-state index in [4.69, 9.17) is 14.2 Å². The summed E-state index contributed by atoms with van der Waals surface area (Å²) in [5, 5.41) is 9.29. The standard InChI is InChI=1S/C19H35N3O5S/c1-2-8-25-10-12-27-13-11-26-9-7-20-17(23)6-4-3-5-16-18-15(14-28-16)21-19(24)22-18/h15-16,18H,2-14H2,1H3,(H,20,23)(H2,21,22,24)/t15-,16-,18-/m0/s1. The van der Waals surface area contributed by atoms with Crippen LogP contribution in [0.5, 0.6) is 0 Å². The van der Waals surface area contributed by atoms with Crippen LogP contribution in [0.1, 0.15) is 39.0 Å². The Bertz CT molecular complexity index is 469. The zero-order chi connectivity index (χ0) is 20.0. The summed E-state index contributed by atoms with van der Waals surface area (Å²) in [6.45, 7) is 6.15. The smallest absolute Gasteiger partial charge is 0.315 e. The summed E-state index contributed by atoms with van der Waals surface area (Å²) in [6, 6.07) is 0.469. The highest BCUT2D eigenvalue weighted by Crippen LogP contribution is 2.33. The Labute approximate surface area is 172 Å². The quantitative estimate of drug-likeness (QED) is 0.259. The number of carbonyl (C=O) groups is 2. The van der Waals surface area contributed by atoms with Gasteiger partial charge in [-0.3, -0.25) is 4.79 Å². The zero-order valence-electron chi connectivity index (χ0n) is 16.9. The first-order valence-corrected chi connectivity index (χ1v) is 11.4. The molecule has 3 N–H and O–H groups in total. The largest absolute Gasteiger partial charge is 0.379 e. The molecule has 9 heteroatoms. The van der Waals surface area contributed by atoms with Gasteiger partial charge in [0.25, 0.3) is 0 Å². The average Bonchev–Trinajstić information content (AvgIpc) is 3.22. The molecule has 0 aromatic rings. The minimum absolute atomic E-state index is 0.0468. The van der Waals surface area contributed by atoms with Crippen LogP contribution in [0.3, 0.4) is 0 Å². The molecule has 0 radical (unpaired) electrons. The van der Waals surface area contributed by atoms with Gasteiger partial charge in [0.2, 0.25) is 5.91 Å². The summed E-state index contributed by atoms with van der Waals surface area (Å²) in [5.41, 5.74) is 0. The average molecular weight is 418 g/mol. The molecule has 0 bridgehead atoms. The fraction of sp³-hybridized carbons (Fsp3) is 0.895. The number of rotatable bonds is 16. The second kappa shape index (κ2) is 14.0. The number of nitrogens with one attached hydrogen (secondary N) is 3. The van der Waals surface area contributed by atoms with Crippen molar-refractivity contribution in [3.05, 3.63) is 0 Å². The van der Waals surface area contributed by atoms with E-state index >= 15 is 0 Å². The van der Waals surface area contributed by atoms with E-state index in [1.807, 2.05) is 11.8 Å². The van der Waals surface area contributed by atoms with Crippen molar-refractivity contribution in [1.29, 1.82) is 0 Å². The van der Waals surface area contributed by atoms with Crippen molar-refractivity contribution in [2.75, 3.05) is 51.9 Å². The van der Waals surface area contributed by atoms with Gasteiger partial charge in [-0.15, -0.1) is 0 Å². The highest BCUT2D eigenvalue weighted by Gasteiger charge is 2.42. The van der Waals surface area contributed by atoms with Crippen LogP contribution >= 0.6 is 11.8 Å². The van der Waals surface area contributed by atoms with Crippen molar-refractivity contribution in [3.8, 4) is 0 Å². The van der Waals surface area contributed by atoms with Crippen molar-refractivity contribution in [2.45, 2.75) is 56.4 Å². The molecule has 0 aromatic carbocycles. The van der Waals surface area contributed by atoms with Crippen LogP contribution in [0, 0.1) is 0 Å². The number of urea groups is 1. The number of hydrogen-bond donors (Lipinski definition) is 3. The maximum absolute atomic E-state index is 11.8. The molecular formula is C19H35N3O5S. The molecule has 0 aromatic heterocycles. The molecule has 2 rings (SSSR count). The monoisotopic (exact) mass is 417 g/mol. The summed E-state index contributed by atoms with van der Waals surface area (Å²) in [7, 11) is 0. The Balaban J connectivity index is 1.34. The van der Waals surface area contributed by atoms with Gasteiger partial charge in [0.05, 0.1) is 45.1 Å². The van der Waals surface area contributed by atoms with Gasteiger partial charge in [-0.1, -0.05) is 13.3 Å². The zero-order valence-corrected chi connectivity index (χ0v) is 17.7. The Morgan fingerprint density at radius 2 is 1.79 bits per heavy atom. The van der Waals surface area contributed by atoms with Crippen molar-refractivity contribution in [3.63, 3.8) is 0 Å². The van der Waals surface area contributed by atoms with E-state index in [2.05, 4.69) is 22.9 Å². The minimum Gasteiger partial charge on any atom is -0.379 e. The summed E-state index contributed by atoms with van der Waals surface area (Å²) >= 11 is 1.91. The molecule has 2 heterocycles. The van der Waals surface area contributed by atoms with Gasteiger partial charge in [-0.05, 0) is 19.3 Å². The van der Waals surface area contributed by atoms with Crippen LogP contribution in [0.4, 0.5) is 4.79 Å². The molecule has 0 saturated carbocycles. The number of hydrogen-bond acceptors (Lipinski definition) is 6. The second-order valence-corrected chi connectivity index (χ2v) is 8.33. The molecule has 0 unspecified atom stereocenters. The maximum Gasteiger partial charge on any atom is 0.315 e. The number of carbonyl (C=O) groups excluding carboxylic acids is 2. The van der Waals surface area contributed by atoms with Gasteiger partial charge in [0.15, 0.2) is 0 Å². The van der Waals surface area contributed by atoms with Crippen molar-refractivity contribution < 1.29 is 23.8 Å². The fourth-order valence-corrected chi connectivity index (χ4v) is 4.85. The molecule has 2 fully saturated rings. The molecule has 8 nitrogen and oxygen atoms in total. The molecule has 3 atom stereocenters. The van der Waals surface area contributed by atoms with Crippen molar-refractivity contribution >= 4 is 23.7 Å². The second-order valence-electron chi connectivity index (χ2n) is 7.05. The van der Waals surface area contributed by atoms with E-state index in [9.17, 15) is 9.59 Å². The Morgan fingerprint density at radius 3 is 2.54 bits per heavy atom. The van der Waals surface area contributed by atoms with E-state index in [1.165, 1.54) is 0 Å². The van der Waals surface area contributed by atoms with Crippen LogP contribution in [-0.4, -0.2) is 81.2 Å². The number of amides is 3. The Morgan fingerprint density at radius 1 is 1.07 bits per heavy atom. The van der Waals surface area contributed by atoms with E-state index in [1.54, 1.807) is 0 Å². The number of fused-ring (bicyclic) bond motifs is 1. The Hall–Kier alpha value is -1.03. The molecule has 3 amide bonds. The number of thioether (sulfide) groups is 1. The molecule has 162 valence electrons. The first kappa shape index (κ1) is 23.3. The predicted octanol–water partition coefficient (Wildman–Crippen LogP) is 1.29. The molecule has 0 aliphatic carbocycles. The summed E-state index contributed by atoms with van der Waals surface area (Å²) in [5.74, 6) is 1.05. The van der Waals surface area contributed by atoms with Gasteiger partial charge >= 0.3 is 6.03 Å². The topological polar surface area (TPSA) is 97.9 Å². The number of ether oxygens (including phenoxy) is 3. The lowest BCUT2D eigenvalue weighted by Gasteiger charge is -2.16. The molecule has 2 aliphatic rings. The maximum atomic E-state index is 11.8. The van der Waals surface area contributed by atoms with Gasteiger partial charge in [-0.2, -0.15) is 11.8 Å². The molecule has 2 saturated heterocycles. The van der Waals surface area contributed by atoms with Crippen molar-refractivity contribution in [1.82, 2.24) is 16.0 Å². The first-order valence-electron chi connectivity index (χ1n) is 10.4. The Kier molecular flexibility index (Phi) is 11.7. The lowest BCUT2D eigenvalue weighted by molar-refractivity contribution is -0.121. The highest BCUT2D eigenvalue weighted by atomic mass is 32.2. The van der Waals surface area contributed by atoms with Gasteiger partial charge in [0.1, 0.15) is 0 Å². The van der Waals surface area contributed by atoms with E-state index < -0.39 is 0 Å². The third kappa shape index (κ3) is 8.98. The molecule has 28 heavy (non-hydrogen) atoms. The predicted molar refractivity (Wildman–Crippen MR) is 110 cm³/mol. The van der Waals surface area contributed by atoms with Crippen LogP contribution in [0.2, 0.25) is 0 Å². The normalized spacial score (nSPS) is 23.3. The van der Waals surface area contributed by atoms with Crippen LogP contribution in [-0.2, 0) is 19.0 Å². The van der Waals surface area contributed by atoms with E-state index in [0.717, 1.165) is 38.0 Å². The summed E-state index contributed by atoms with van der Waals surface area (Å²) < 4.78 is 16.1. The third-order valence-electron chi connectivity index (χ3n) is 4.74. The van der Waals surface area contributed by atoms with Crippen LogP contribution < -0.4 is 16.0 Å². The molecule has 0 spiro atoms. The van der Waals surface area contributed by atoms with Crippen LogP contribution in [0.15, 0.2) is 0 Å². The lowest BCUT2D eigenvalue weighted by atomic mass is 10.0. The van der Waals surface area contributed by atoms with Crippen molar-refractivity contribution in [2.24, 2.45) is 0 Å². The molecular weight excluding hydrogens is 382 g/mol. The van der Waals surface area contributed by atoms with Gasteiger partial charge < -0.3 is 30.2 Å². The first-order chi connectivity index (χ1) is 13.7. The fourth-order valence-electron chi connectivity index (χ4n) is 3.31. The minimum atomic E-state index is -0.0468. The number of unbranched alkanes of at least 4 members (excludes halogenated alkanes) is 1. The highest BCUT2D eigenvalue weighted by molar-refractivity contribution is 8.00. The SMILES string of the molecule is CCCOCCOCCOCCNC(=O)CCCC[C@@H]1SC[C@@H]2NC(=O)N[C@@H]21. The van der Waals surface area contributed by atoms with E-state index in [-0.39, 0.29) is 24.0 Å². The van der Waals surface area contributed by atoms with Crippen LogP contribution in [0.25, 0.3) is 0 Å². The summed E-state index contributed by atoms with van der Waals surface area (Å²) in [4.78, 5) is 23.2. The summed E-state index contributed by atoms with van der Waals surface area (Å²) in [6.07, 6.45) is 4.47. The van der Waals surface area contributed by atoms with Gasteiger partial charge in [-0.25, -0.2) is 4.79 Å². The van der Waals surface area contributed by atoms with Gasteiger partial charge in [0, 0.05) is 30.6 Å².